The van der Waals surface area contributed by atoms with Crippen molar-refractivity contribution in [2.45, 2.75) is 0 Å². The number of carbonyl (C=O) groups is 1. The minimum absolute atomic E-state index is 0.0423. The number of rotatable bonds is 2. The van der Waals surface area contributed by atoms with Crippen LogP contribution in [0.4, 0.5) is 10.1 Å². The number of halogens is 1. The molecule has 2 aromatic rings. The van der Waals surface area contributed by atoms with Crippen LogP contribution in [-0.2, 0) is 4.74 Å². The second-order valence-corrected chi connectivity index (χ2v) is 3.66. The molecule has 1 heterocycles. The van der Waals surface area contributed by atoms with Gasteiger partial charge in [0.15, 0.2) is 0 Å². The van der Waals surface area contributed by atoms with Crippen LogP contribution in [0.1, 0.15) is 10.4 Å². The molecule has 1 aromatic heterocycles. The summed E-state index contributed by atoms with van der Waals surface area (Å²) in [5.41, 5.74) is 6.75. The summed E-state index contributed by atoms with van der Waals surface area (Å²) in [5.74, 6) is -1.50. The Morgan fingerprint density at radius 1 is 1.39 bits per heavy atom. The Morgan fingerprint density at radius 2 is 2.17 bits per heavy atom. The molecule has 0 aliphatic heterocycles. The number of pyridine rings is 1. The van der Waals surface area contributed by atoms with Gasteiger partial charge in [0.2, 0.25) is 0 Å². The van der Waals surface area contributed by atoms with Crippen LogP contribution in [0.5, 0.6) is 0 Å². The molecular formula is C13H11FN2O2. The lowest BCUT2D eigenvalue weighted by atomic mass is 10.0. The molecule has 0 aliphatic rings. The van der Waals surface area contributed by atoms with E-state index < -0.39 is 11.8 Å². The first-order valence-corrected chi connectivity index (χ1v) is 5.21. The van der Waals surface area contributed by atoms with Gasteiger partial charge in [0.1, 0.15) is 11.4 Å². The summed E-state index contributed by atoms with van der Waals surface area (Å²) in [4.78, 5) is 15.3. The summed E-state index contributed by atoms with van der Waals surface area (Å²) < 4.78 is 18.3. The molecule has 2 rings (SSSR count). The number of nitrogens with zero attached hydrogens (tertiary/aromatic N) is 1. The molecule has 0 radical (unpaired) electrons. The van der Waals surface area contributed by atoms with Gasteiger partial charge in [-0.25, -0.2) is 9.18 Å². The van der Waals surface area contributed by atoms with Gasteiger partial charge in [0.25, 0.3) is 0 Å². The Hall–Kier alpha value is -2.43. The van der Waals surface area contributed by atoms with E-state index in [1.54, 1.807) is 24.5 Å². The number of carbonyl (C=O) groups excluding carboxylic acids is 1. The highest BCUT2D eigenvalue weighted by Gasteiger charge is 2.17. The summed E-state index contributed by atoms with van der Waals surface area (Å²) in [6.45, 7) is 0. The van der Waals surface area contributed by atoms with E-state index in [0.29, 0.717) is 5.56 Å². The number of benzene rings is 1. The van der Waals surface area contributed by atoms with Gasteiger partial charge in [-0.3, -0.25) is 4.98 Å². The highest BCUT2D eigenvalue weighted by Crippen LogP contribution is 2.26. The Labute approximate surface area is 103 Å². The van der Waals surface area contributed by atoms with Crippen LogP contribution in [0.15, 0.2) is 36.7 Å². The van der Waals surface area contributed by atoms with Crippen molar-refractivity contribution in [1.82, 2.24) is 4.98 Å². The van der Waals surface area contributed by atoms with Crippen LogP contribution >= 0.6 is 0 Å². The van der Waals surface area contributed by atoms with E-state index in [2.05, 4.69) is 9.72 Å². The van der Waals surface area contributed by atoms with Gasteiger partial charge in [-0.05, 0) is 23.8 Å². The number of anilines is 1. The average molecular weight is 246 g/mol. The van der Waals surface area contributed by atoms with Gasteiger partial charge in [-0.1, -0.05) is 6.07 Å². The fraction of sp³-hybridized carbons (Fsp3) is 0.0769. The Kier molecular flexibility index (Phi) is 3.23. The third-order valence-corrected chi connectivity index (χ3v) is 2.51. The minimum Gasteiger partial charge on any atom is -0.465 e. The molecule has 0 aliphatic carbocycles. The lowest BCUT2D eigenvalue weighted by Gasteiger charge is -2.08. The molecule has 2 N–H and O–H groups in total. The number of ether oxygens (including phenoxy) is 1. The molecule has 0 fully saturated rings. The molecule has 0 amide bonds. The molecule has 18 heavy (non-hydrogen) atoms. The zero-order valence-corrected chi connectivity index (χ0v) is 9.68. The van der Waals surface area contributed by atoms with Crippen molar-refractivity contribution in [1.29, 1.82) is 0 Å². The van der Waals surface area contributed by atoms with E-state index >= 15 is 0 Å². The largest absolute Gasteiger partial charge is 0.465 e. The summed E-state index contributed by atoms with van der Waals surface area (Å²) in [6, 6.07) is 6.27. The van der Waals surface area contributed by atoms with Crippen LogP contribution in [0.25, 0.3) is 11.1 Å². The van der Waals surface area contributed by atoms with Crippen molar-refractivity contribution in [3.63, 3.8) is 0 Å². The molecule has 0 atom stereocenters. The van der Waals surface area contributed by atoms with Crippen molar-refractivity contribution in [2.75, 3.05) is 12.8 Å². The van der Waals surface area contributed by atoms with E-state index in [1.807, 2.05) is 0 Å². The molecule has 0 saturated heterocycles. The van der Waals surface area contributed by atoms with Crippen LogP contribution in [0.2, 0.25) is 0 Å². The first-order valence-electron chi connectivity index (χ1n) is 5.21. The van der Waals surface area contributed by atoms with Crippen LogP contribution in [0.3, 0.4) is 0 Å². The number of hydrogen-bond donors (Lipinski definition) is 1. The number of nitrogen functional groups attached to an aromatic ring is 1. The summed E-state index contributed by atoms with van der Waals surface area (Å²) >= 11 is 0. The van der Waals surface area contributed by atoms with Crippen LogP contribution < -0.4 is 5.73 Å². The third kappa shape index (κ3) is 2.15. The Balaban J connectivity index is 2.53. The number of aromatic nitrogens is 1. The van der Waals surface area contributed by atoms with E-state index in [4.69, 9.17) is 5.73 Å². The standard InChI is InChI=1S/C13H11FN2O2/c1-18-13(17)12-10(14)5-9(6-11(12)15)8-3-2-4-16-7-8/h2-7H,15H2,1H3. The summed E-state index contributed by atoms with van der Waals surface area (Å²) in [6.07, 6.45) is 3.21. The lowest BCUT2D eigenvalue weighted by molar-refractivity contribution is 0.0597. The van der Waals surface area contributed by atoms with Gasteiger partial charge in [-0.15, -0.1) is 0 Å². The molecule has 0 unspecified atom stereocenters. The number of esters is 1. The van der Waals surface area contributed by atoms with Crippen molar-refractivity contribution >= 4 is 11.7 Å². The predicted octanol–water partition coefficient (Wildman–Crippen LogP) is 2.26. The molecule has 4 nitrogen and oxygen atoms in total. The number of nitrogens with two attached hydrogens (primary N) is 1. The van der Waals surface area contributed by atoms with E-state index in [9.17, 15) is 9.18 Å². The second kappa shape index (κ2) is 4.83. The molecule has 5 heteroatoms. The van der Waals surface area contributed by atoms with Gasteiger partial charge in [-0.2, -0.15) is 0 Å². The van der Waals surface area contributed by atoms with E-state index in [1.165, 1.54) is 19.2 Å². The SMILES string of the molecule is COC(=O)c1c(N)cc(-c2cccnc2)cc1F. The fourth-order valence-corrected chi connectivity index (χ4v) is 1.65. The van der Waals surface area contributed by atoms with E-state index in [0.717, 1.165) is 5.56 Å². The van der Waals surface area contributed by atoms with Gasteiger partial charge in [0.05, 0.1) is 7.11 Å². The van der Waals surface area contributed by atoms with E-state index in [-0.39, 0.29) is 11.3 Å². The van der Waals surface area contributed by atoms with Crippen molar-refractivity contribution in [3.8, 4) is 11.1 Å². The monoisotopic (exact) mass is 246 g/mol. The topological polar surface area (TPSA) is 65.2 Å². The molecule has 0 bridgehead atoms. The van der Waals surface area contributed by atoms with Gasteiger partial charge in [0, 0.05) is 23.6 Å². The zero-order valence-electron chi connectivity index (χ0n) is 9.68. The van der Waals surface area contributed by atoms with Crippen LogP contribution in [0, 0.1) is 5.82 Å². The highest BCUT2D eigenvalue weighted by molar-refractivity contribution is 5.96. The van der Waals surface area contributed by atoms with Crippen molar-refractivity contribution < 1.29 is 13.9 Å². The van der Waals surface area contributed by atoms with Gasteiger partial charge < -0.3 is 10.5 Å². The lowest BCUT2D eigenvalue weighted by Crippen LogP contribution is -2.08. The smallest absolute Gasteiger partial charge is 0.342 e. The highest BCUT2D eigenvalue weighted by atomic mass is 19.1. The maximum Gasteiger partial charge on any atom is 0.342 e. The first kappa shape index (κ1) is 12.0. The normalized spacial score (nSPS) is 10.1. The van der Waals surface area contributed by atoms with Crippen molar-refractivity contribution in [2.24, 2.45) is 0 Å². The van der Waals surface area contributed by atoms with Gasteiger partial charge >= 0.3 is 5.97 Å². The average Bonchev–Trinajstić information content (AvgIpc) is 2.38. The summed E-state index contributed by atoms with van der Waals surface area (Å²) in [7, 11) is 1.18. The zero-order chi connectivity index (χ0) is 13.1. The quantitative estimate of drug-likeness (QED) is 0.652. The van der Waals surface area contributed by atoms with Crippen molar-refractivity contribution in [3.05, 3.63) is 48.0 Å². The maximum atomic E-state index is 13.8. The fourth-order valence-electron chi connectivity index (χ4n) is 1.65. The molecule has 92 valence electrons. The summed E-state index contributed by atoms with van der Waals surface area (Å²) in [5, 5.41) is 0. The molecule has 0 spiro atoms. The third-order valence-electron chi connectivity index (χ3n) is 2.51. The second-order valence-electron chi connectivity index (χ2n) is 3.66. The molecular weight excluding hydrogens is 235 g/mol. The molecule has 0 saturated carbocycles. The minimum atomic E-state index is -0.789. The predicted molar refractivity (Wildman–Crippen MR) is 65.4 cm³/mol. The van der Waals surface area contributed by atoms with Crippen LogP contribution in [-0.4, -0.2) is 18.1 Å². The first-order chi connectivity index (χ1) is 8.63. The number of hydrogen-bond acceptors (Lipinski definition) is 4. The molecule has 1 aromatic carbocycles. The Morgan fingerprint density at radius 3 is 2.72 bits per heavy atom. The maximum absolute atomic E-state index is 13.8. The Bertz CT molecular complexity index is 562. The number of methoxy groups -OCH3 is 1.